The predicted molar refractivity (Wildman–Crippen MR) is 80.9 cm³/mol. The maximum absolute atomic E-state index is 13.4. The summed E-state index contributed by atoms with van der Waals surface area (Å²) < 4.78 is 31.3. The monoisotopic (exact) mass is 335 g/mol. The SMILES string of the molecule is O=C(CCc1nc(-c2cccs2)no1)Nc1ccc(F)cc1F. The molecule has 0 saturated carbocycles. The number of hydrogen-bond acceptors (Lipinski definition) is 5. The van der Waals surface area contributed by atoms with Gasteiger partial charge in [-0.25, -0.2) is 8.78 Å². The van der Waals surface area contributed by atoms with E-state index in [1.807, 2.05) is 17.5 Å². The lowest BCUT2D eigenvalue weighted by Crippen LogP contribution is -2.13. The first kappa shape index (κ1) is 15.3. The molecule has 0 unspecified atom stereocenters. The van der Waals surface area contributed by atoms with E-state index in [4.69, 9.17) is 4.52 Å². The number of hydrogen-bond donors (Lipinski definition) is 1. The van der Waals surface area contributed by atoms with Crippen LogP contribution in [0.5, 0.6) is 0 Å². The topological polar surface area (TPSA) is 68.0 Å². The fourth-order valence-corrected chi connectivity index (χ4v) is 2.54. The largest absolute Gasteiger partial charge is 0.339 e. The van der Waals surface area contributed by atoms with Gasteiger partial charge in [0, 0.05) is 18.9 Å². The van der Waals surface area contributed by atoms with Crippen LogP contribution in [0.2, 0.25) is 0 Å². The van der Waals surface area contributed by atoms with E-state index >= 15 is 0 Å². The average Bonchev–Trinajstić information content (AvgIpc) is 3.18. The highest BCUT2D eigenvalue weighted by atomic mass is 32.1. The number of amides is 1. The van der Waals surface area contributed by atoms with Gasteiger partial charge in [-0.1, -0.05) is 11.2 Å². The summed E-state index contributed by atoms with van der Waals surface area (Å²) in [5.41, 5.74) is -0.0683. The molecule has 5 nitrogen and oxygen atoms in total. The molecule has 0 saturated heterocycles. The van der Waals surface area contributed by atoms with Crippen molar-refractivity contribution in [2.45, 2.75) is 12.8 Å². The molecule has 1 aromatic carbocycles. The van der Waals surface area contributed by atoms with Gasteiger partial charge in [0.15, 0.2) is 0 Å². The Hall–Kier alpha value is -2.61. The summed E-state index contributed by atoms with van der Waals surface area (Å²) in [6.45, 7) is 0. The summed E-state index contributed by atoms with van der Waals surface area (Å²) in [4.78, 5) is 16.9. The van der Waals surface area contributed by atoms with Crippen LogP contribution < -0.4 is 5.32 Å². The maximum atomic E-state index is 13.4. The molecule has 3 aromatic rings. The van der Waals surface area contributed by atoms with E-state index < -0.39 is 17.5 Å². The highest BCUT2D eigenvalue weighted by Crippen LogP contribution is 2.21. The van der Waals surface area contributed by atoms with E-state index in [0.29, 0.717) is 17.8 Å². The van der Waals surface area contributed by atoms with Gasteiger partial charge in [-0.3, -0.25) is 4.79 Å². The van der Waals surface area contributed by atoms with E-state index in [0.717, 1.165) is 10.9 Å². The predicted octanol–water partition coefficient (Wildman–Crippen LogP) is 3.65. The first-order chi connectivity index (χ1) is 11.1. The van der Waals surface area contributed by atoms with Crippen LogP contribution in [0.3, 0.4) is 0 Å². The van der Waals surface area contributed by atoms with E-state index in [9.17, 15) is 13.6 Å². The Morgan fingerprint density at radius 1 is 1.30 bits per heavy atom. The van der Waals surface area contributed by atoms with Gasteiger partial charge in [0.05, 0.1) is 10.6 Å². The Bertz CT molecular complexity index is 818. The summed E-state index contributed by atoms with van der Waals surface area (Å²) in [7, 11) is 0. The Labute approximate surface area is 134 Å². The number of thiophene rings is 1. The average molecular weight is 335 g/mol. The minimum absolute atomic E-state index is 0.0445. The minimum Gasteiger partial charge on any atom is -0.339 e. The number of rotatable bonds is 5. The number of nitrogens with zero attached hydrogens (tertiary/aromatic N) is 2. The van der Waals surface area contributed by atoms with Crippen LogP contribution in [0.4, 0.5) is 14.5 Å². The van der Waals surface area contributed by atoms with Gasteiger partial charge < -0.3 is 9.84 Å². The van der Waals surface area contributed by atoms with Crippen LogP contribution in [-0.4, -0.2) is 16.0 Å². The van der Waals surface area contributed by atoms with Gasteiger partial charge in [0.2, 0.25) is 17.6 Å². The smallest absolute Gasteiger partial charge is 0.227 e. The zero-order chi connectivity index (χ0) is 16.2. The van der Waals surface area contributed by atoms with Crippen molar-refractivity contribution in [2.75, 3.05) is 5.32 Å². The van der Waals surface area contributed by atoms with Crippen LogP contribution >= 0.6 is 11.3 Å². The fourth-order valence-electron chi connectivity index (χ4n) is 1.89. The van der Waals surface area contributed by atoms with E-state index in [1.54, 1.807) is 0 Å². The lowest BCUT2D eigenvalue weighted by Gasteiger charge is -2.05. The minimum atomic E-state index is -0.823. The molecule has 3 rings (SSSR count). The molecular formula is C15H11F2N3O2S. The lowest BCUT2D eigenvalue weighted by atomic mass is 10.2. The van der Waals surface area contributed by atoms with Gasteiger partial charge in [0.1, 0.15) is 11.6 Å². The summed E-state index contributed by atoms with van der Waals surface area (Å²) >= 11 is 1.48. The number of carbonyl (C=O) groups excluding carboxylic acids is 1. The summed E-state index contributed by atoms with van der Waals surface area (Å²) in [5, 5.41) is 8.11. The summed E-state index contributed by atoms with van der Waals surface area (Å²) in [6.07, 6.45) is 0.274. The van der Waals surface area contributed by atoms with Crippen molar-refractivity contribution in [1.29, 1.82) is 0 Å². The van der Waals surface area contributed by atoms with Crippen molar-refractivity contribution >= 4 is 22.9 Å². The van der Waals surface area contributed by atoms with Crippen molar-refractivity contribution in [3.05, 3.63) is 53.2 Å². The second-order valence-corrected chi connectivity index (χ2v) is 5.61. The number of nitrogens with one attached hydrogen (secondary N) is 1. The lowest BCUT2D eigenvalue weighted by molar-refractivity contribution is -0.116. The highest BCUT2D eigenvalue weighted by Gasteiger charge is 2.12. The van der Waals surface area contributed by atoms with Crippen LogP contribution in [0.1, 0.15) is 12.3 Å². The normalized spacial score (nSPS) is 10.7. The molecule has 2 aromatic heterocycles. The van der Waals surface area contributed by atoms with Crippen molar-refractivity contribution < 1.29 is 18.1 Å². The third kappa shape index (κ3) is 3.78. The standard InChI is InChI=1S/C15H11F2N3O2S/c16-9-3-4-11(10(17)8-9)18-13(21)5-6-14-19-15(20-22-14)12-2-1-7-23-12/h1-4,7-8H,5-6H2,(H,18,21). The number of aromatic nitrogens is 2. The fraction of sp³-hybridized carbons (Fsp3) is 0.133. The van der Waals surface area contributed by atoms with E-state index in [-0.39, 0.29) is 18.5 Å². The van der Waals surface area contributed by atoms with Gasteiger partial charge >= 0.3 is 0 Å². The van der Waals surface area contributed by atoms with E-state index in [2.05, 4.69) is 15.5 Å². The second kappa shape index (κ2) is 6.66. The molecule has 1 N–H and O–H groups in total. The molecule has 0 aliphatic heterocycles. The molecule has 118 valence electrons. The zero-order valence-electron chi connectivity index (χ0n) is 11.8. The Morgan fingerprint density at radius 2 is 2.17 bits per heavy atom. The zero-order valence-corrected chi connectivity index (χ0v) is 12.6. The Balaban J connectivity index is 1.57. The first-order valence-corrected chi connectivity index (χ1v) is 7.61. The Kier molecular flexibility index (Phi) is 4.42. The molecule has 0 fully saturated rings. The number of benzene rings is 1. The van der Waals surface area contributed by atoms with Gasteiger partial charge in [-0.2, -0.15) is 4.98 Å². The van der Waals surface area contributed by atoms with Crippen LogP contribution in [0.25, 0.3) is 10.7 Å². The quantitative estimate of drug-likeness (QED) is 0.773. The second-order valence-electron chi connectivity index (χ2n) is 4.66. The number of carbonyl (C=O) groups is 1. The number of anilines is 1. The molecule has 0 radical (unpaired) electrons. The number of halogens is 2. The van der Waals surface area contributed by atoms with Crippen LogP contribution in [-0.2, 0) is 11.2 Å². The molecule has 0 spiro atoms. The van der Waals surface area contributed by atoms with Gasteiger partial charge in [-0.15, -0.1) is 11.3 Å². The van der Waals surface area contributed by atoms with Gasteiger partial charge in [-0.05, 0) is 23.6 Å². The molecule has 0 aliphatic carbocycles. The molecule has 2 heterocycles. The number of aryl methyl sites for hydroxylation is 1. The highest BCUT2D eigenvalue weighted by molar-refractivity contribution is 7.13. The summed E-state index contributed by atoms with van der Waals surface area (Å²) in [5.74, 6) is -1.15. The summed E-state index contributed by atoms with van der Waals surface area (Å²) in [6, 6.07) is 6.69. The molecule has 1 amide bonds. The molecule has 0 aliphatic rings. The van der Waals surface area contributed by atoms with Crippen molar-refractivity contribution in [3.8, 4) is 10.7 Å². The molecule has 23 heavy (non-hydrogen) atoms. The van der Waals surface area contributed by atoms with Gasteiger partial charge in [0.25, 0.3) is 0 Å². The molecule has 0 atom stereocenters. The third-order valence-electron chi connectivity index (χ3n) is 2.98. The Morgan fingerprint density at radius 3 is 2.91 bits per heavy atom. The molecule has 0 bridgehead atoms. The molecule has 8 heteroatoms. The van der Waals surface area contributed by atoms with Crippen molar-refractivity contribution in [3.63, 3.8) is 0 Å². The first-order valence-electron chi connectivity index (χ1n) is 6.73. The van der Waals surface area contributed by atoms with Crippen LogP contribution in [0.15, 0.2) is 40.2 Å². The van der Waals surface area contributed by atoms with Crippen molar-refractivity contribution in [2.24, 2.45) is 0 Å². The van der Waals surface area contributed by atoms with Crippen molar-refractivity contribution in [1.82, 2.24) is 10.1 Å². The van der Waals surface area contributed by atoms with E-state index in [1.165, 1.54) is 17.4 Å². The maximum Gasteiger partial charge on any atom is 0.227 e. The third-order valence-corrected chi connectivity index (χ3v) is 3.85. The molecular weight excluding hydrogens is 324 g/mol. The van der Waals surface area contributed by atoms with Crippen LogP contribution in [0, 0.1) is 11.6 Å².